The number of halogens is 1. The minimum Gasteiger partial charge on any atom is -0.448 e. The Balaban J connectivity index is 1.09. The number of aromatic nitrogens is 1. The lowest BCUT2D eigenvalue weighted by Crippen LogP contribution is -2.39. The van der Waals surface area contributed by atoms with E-state index in [-0.39, 0.29) is 68.5 Å². The number of nitrogens with one attached hydrogen (secondary N) is 5. The molecule has 5 amide bonds. The van der Waals surface area contributed by atoms with Crippen molar-refractivity contribution in [2.75, 3.05) is 91.3 Å². The number of aromatic amines is 1. The number of hydrogen-bond acceptors (Lipinski definition) is 10. The van der Waals surface area contributed by atoms with Crippen molar-refractivity contribution in [3.8, 4) is 11.1 Å². The Morgan fingerprint density at radius 3 is 2.10 bits per heavy atom. The molecule has 4 aromatic rings. The number of nitrogens with two attached hydrogens (primary N) is 1. The first-order valence-electron chi connectivity index (χ1n) is 20.9. The van der Waals surface area contributed by atoms with E-state index in [9.17, 15) is 28.4 Å². The van der Waals surface area contributed by atoms with E-state index >= 15 is 0 Å². The molecule has 0 fully saturated rings. The van der Waals surface area contributed by atoms with Gasteiger partial charge in [-0.05, 0) is 97.1 Å². The van der Waals surface area contributed by atoms with Crippen molar-refractivity contribution in [1.29, 1.82) is 0 Å². The fourth-order valence-corrected chi connectivity index (χ4v) is 7.64. The van der Waals surface area contributed by atoms with E-state index in [0.29, 0.717) is 84.5 Å². The lowest BCUT2D eigenvalue weighted by atomic mass is 9.95. The summed E-state index contributed by atoms with van der Waals surface area (Å²) in [4.78, 5) is 70.6. The maximum atomic E-state index is 14.0. The van der Waals surface area contributed by atoms with Crippen LogP contribution in [0.2, 0.25) is 0 Å². The molecule has 2 heterocycles. The summed E-state index contributed by atoms with van der Waals surface area (Å²) in [5.74, 6) is -2.32. The molecule has 0 radical (unpaired) electrons. The van der Waals surface area contributed by atoms with E-state index in [1.165, 1.54) is 23.1 Å². The van der Waals surface area contributed by atoms with Gasteiger partial charge in [0, 0.05) is 86.1 Å². The topological polar surface area (TPSA) is 215 Å². The summed E-state index contributed by atoms with van der Waals surface area (Å²) < 4.78 is 35.8. The zero-order valence-corrected chi connectivity index (χ0v) is 35.9. The Labute approximate surface area is 365 Å². The zero-order valence-electron chi connectivity index (χ0n) is 35.9. The second-order valence-electron chi connectivity index (χ2n) is 15.0. The summed E-state index contributed by atoms with van der Waals surface area (Å²) in [5.41, 5.74) is 13.0. The number of methoxy groups -OCH3 is 1. The summed E-state index contributed by atoms with van der Waals surface area (Å²) in [6.07, 6.45) is 0.996. The lowest BCUT2D eigenvalue weighted by molar-refractivity contribution is -0.110. The van der Waals surface area contributed by atoms with Crippen LogP contribution in [0.1, 0.15) is 77.6 Å². The van der Waals surface area contributed by atoms with Crippen LogP contribution in [0.3, 0.4) is 0 Å². The second-order valence-corrected chi connectivity index (χ2v) is 15.0. The molecule has 17 heteroatoms. The number of nitrogens with zero attached hydrogens (tertiary/aromatic N) is 1. The fourth-order valence-electron chi connectivity index (χ4n) is 7.64. The van der Waals surface area contributed by atoms with Crippen molar-refractivity contribution < 1.29 is 47.3 Å². The molecule has 7 N–H and O–H groups in total. The summed E-state index contributed by atoms with van der Waals surface area (Å²) in [6.45, 7) is 8.68. The van der Waals surface area contributed by atoms with Gasteiger partial charge in [0.2, 0.25) is 0 Å². The van der Waals surface area contributed by atoms with Crippen LogP contribution < -0.4 is 27.0 Å². The van der Waals surface area contributed by atoms with E-state index < -0.39 is 17.8 Å². The van der Waals surface area contributed by atoms with Gasteiger partial charge in [-0.2, -0.15) is 0 Å². The van der Waals surface area contributed by atoms with Gasteiger partial charge < -0.3 is 55.8 Å². The molecule has 2 aliphatic rings. The highest BCUT2D eigenvalue weighted by molar-refractivity contribution is 6.35. The van der Waals surface area contributed by atoms with Crippen LogP contribution >= 0.6 is 0 Å². The van der Waals surface area contributed by atoms with E-state index in [0.717, 1.165) is 22.3 Å². The van der Waals surface area contributed by atoms with Crippen LogP contribution in [0.4, 0.5) is 14.9 Å². The molecule has 334 valence electrons. The molecular weight excluding hydrogens is 814 g/mol. The number of amides is 5. The molecule has 1 aliphatic carbocycles. The predicted molar refractivity (Wildman–Crippen MR) is 235 cm³/mol. The molecule has 0 bridgehead atoms. The SMILES string of the molecule is CCN(CCNC(=O)c1c(C)[nH]c(/C=C2\C(=O)Nc3ccc(F)cc32)c1C)C(=O)OCC1c2cc(C(=O)NCCN)ccc2-c2ccc(C(=O)NCCOCCOCCOC)cc21. The molecule has 6 rings (SSSR count). The van der Waals surface area contributed by atoms with Crippen molar-refractivity contribution in [2.45, 2.75) is 26.7 Å². The molecule has 16 nitrogen and oxygen atoms in total. The molecule has 1 atom stereocenters. The van der Waals surface area contributed by atoms with Gasteiger partial charge >= 0.3 is 6.09 Å². The van der Waals surface area contributed by atoms with Gasteiger partial charge in [-0.3, -0.25) is 19.2 Å². The molecule has 1 unspecified atom stereocenters. The normalized spacial score (nSPS) is 14.2. The predicted octanol–water partition coefficient (Wildman–Crippen LogP) is 4.36. The summed E-state index contributed by atoms with van der Waals surface area (Å²) >= 11 is 0. The first-order chi connectivity index (χ1) is 30.4. The van der Waals surface area contributed by atoms with E-state index in [1.807, 2.05) is 12.1 Å². The number of benzene rings is 3. The maximum Gasteiger partial charge on any atom is 0.409 e. The Hall–Kier alpha value is -6.40. The van der Waals surface area contributed by atoms with Crippen LogP contribution in [0, 0.1) is 19.7 Å². The van der Waals surface area contributed by atoms with Gasteiger partial charge in [-0.15, -0.1) is 0 Å². The molecule has 1 aromatic heterocycles. The number of fused-ring (bicyclic) bond motifs is 4. The number of anilines is 1. The standard InChI is InChI=1S/C46H54FN7O9/c1-5-54(16-14-50-45(58)41-27(2)40(52-28(41)3)25-37-36-24-31(47)8-11-39(36)53-44(37)57)46(59)63-26-38-34-22-29(42(55)49-13-12-48)6-9-32(34)33-10-7-30(23-35(33)38)43(56)51-15-17-61-20-21-62-19-18-60-4/h6-11,22-25,38,52H,5,12-21,26,48H2,1-4H3,(H,49,55)(H,50,58)(H,51,56)(H,53,57)/b37-25-. The van der Waals surface area contributed by atoms with Crippen molar-refractivity contribution in [2.24, 2.45) is 5.73 Å². The molecule has 0 spiro atoms. The minimum atomic E-state index is -0.605. The Morgan fingerprint density at radius 1 is 0.810 bits per heavy atom. The number of rotatable bonds is 21. The molecular formula is C46H54FN7O9. The number of aryl methyl sites for hydroxylation is 1. The third kappa shape index (κ3) is 11.0. The molecule has 0 saturated heterocycles. The number of hydrogen-bond donors (Lipinski definition) is 6. The fraction of sp³-hybridized carbons (Fsp3) is 0.370. The van der Waals surface area contributed by atoms with Crippen molar-refractivity contribution >= 4 is 47.1 Å². The number of carbonyl (C=O) groups is 5. The van der Waals surface area contributed by atoms with Gasteiger partial charge in [-0.1, -0.05) is 12.1 Å². The first kappa shape index (κ1) is 46.1. The largest absolute Gasteiger partial charge is 0.448 e. The van der Waals surface area contributed by atoms with Crippen molar-refractivity contribution in [1.82, 2.24) is 25.8 Å². The third-order valence-corrected chi connectivity index (χ3v) is 10.9. The van der Waals surface area contributed by atoms with Crippen molar-refractivity contribution in [3.63, 3.8) is 0 Å². The highest BCUT2D eigenvalue weighted by atomic mass is 19.1. The van der Waals surface area contributed by atoms with Gasteiger partial charge in [-0.25, -0.2) is 9.18 Å². The van der Waals surface area contributed by atoms with Crippen LogP contribution in [0.15, 0.2) is 54.6 Å². The summed E-state index contributed by atoms with van der Waals surface area (Å²) in [5, 5.41) is 11.3. The van der Waals surface area contributed by atoms with Gasteiger partial charge in [0.25, 0.3) is 23.6 Å². The number of likely N-dealkylation sites (N-methyl/N-ethyl adjacent to an activating group) is 1. The quantitative estimate of drug-likeness (QED) is 0.0514. The van der Waals surface area contributed by atoms with Gasteiger partial charge in [0.15, 0.2) is 0 Å². The monoisotopic (exact) mass is 867 g/mol. The Morgan fingerprint density at radius 2 is 1.44 bits per heavy atom. The molecule has 3 aromatic carbocycles. The van der Waals surface area contributed by atoms with Crippen LogP contribution in [-0.2, 0) is 23.7 Å². The number of carbonyl (C=O) groups excluding carboxylic acids is 5. The zero-order chi connectivity index (χ0) is 45.0. The summed E-state index contributed by atoms with van der Waals surface area (Å²) in [7, 11) is 1.60. The molecule has 0 saturated carbocycles. The first-order valence-corrected chi connectivity index (χ1v) is 20.9. The smallest absolute Gasteiger partial charge is 0.409 e. The Bertz CT molecular complexity index is 2380. The lowest BCUT2D eigenvalue weighted by Gasteiger charge is -2.22. The van der Waals surface area contributed by atoms with E-state index in [1.54, 1.807) is 58.2 Å². The summed E-state index contributed by atoms with van der Waals surface area (Å²) in [6, 6.07) is 14.8. The number of H-pyrrole nitrogens is 1. The van der Waals surface area contributed by atoms with Crippen LogP contribution in [0.25, 0.3) is 22.8 Å². The maximum absolute atomic E-state index is 14.0. The molecule has 1 aliphatic heterocycles. The Kier molecular flexibility index (Phi) is 15.8. The third-order valence-electron chi connectivity index (χ3n) is 10.9. The second kappa shape index (κ2) is 21.6. The minimum absolute atomic E-state index is 0.0872. The highest BCUT2D eigenvalue weighted by Crippen LogP contribution is 2.46. The van der Waals surface area contributed by atoms with E-state index in [2.05, 4.69) is 26.3 Å². The number of ether oxygens (including phenoxy) is 4. The van der Waals surface area contributed by atoms with Crippen LogP contribution in [-0.4, -0.2) is 126 Å². The average molecular weight is 868 g/mol. The highest BCUT2D eigenvalue weighted by Gasteiger charge is 2.32. The van der Waals surface area contributed by atoms with Gasteiger partial charge in [0.05, 0.1) is 44.2 Å². The van der Waals surface area contributed by atoms with E-state index in [4.69, 9.17) is 24.7 Å². The van der Waals surface area contributed by atoms with Gasteiger partial charge in [0.1, 0.15) is 12.4 Å². The van der Waals surface area contributed by atoms with Crippen LogP contribution in [0.5, 0.6) is 0 Å². The molecule has 63 heavy (non-hydrogen) atoms. The van der Waals surface area contributed by atoms with Crippen molar-refractivity contribution in [3.05, 3.63) is 111 Å². The average Bonchev–Trinajstić information content (AvgIpc) is 3.87.